The van der Waals surface area contributed by atoms with Crippen LogP contribution < -0.4 is 0 Å². The number of nitrogens with zero attached hydrogens (tertiary/aromatic N) is 17. The number of pyridine rings is 11. The van der Waals surface area contributed by atoms with Crippen molar-refractivity contribution < 1.29 is 0 Å². The Bertz CT molecular complexity index is 7630. The van der Waals surface area contributed by atoms with Gasteiger partial charge in [-0.25, -0.2) is 29.9 Å². The molecule has 23 heterocycles. The average molecular weight is 1540 g/mol. The van der Waals surface area contributed by atoms with Crippen molar-refractivity contribution in [3.05, 3.63) is 328 Å². The summed E-state index contributed by atoms with van der Waals surface area (Å²) in [4.78, 5) is 50.9. The highest BCUT2D eigenvalue weighted by atomic mass is 15.1. The average Bonchev–Trinajstić information content (AvgIpc) is 1.71. The molecule has 0 spiro atoms. The third-order valence-corrected chi connectivity index (χ3v) is 26.6. The molecular weight excluding hydrogens is 1460 g/mol. The lowest BCUT2D eigenvalue weighted by molar-refractivity contribution is 0.844. The van der Waals surface area contributed by atoms with Crippen molar-refractivity contribution in [1.82, 2.24) is 81.2 Å². The third kappa shape index (κ3) is 9.77. The highest BCUT2D eigenvalue weighted by Crippen LogP contribution is 2.43. The molecule has 17 nitrogen and oxygen atoms in total. The summed E-state index contributed by atoms with van der Waals surface area (Å²) in [6.07, 6.45) is 36.7. The zero-order valence-electron chi connectivity index (χ0n) is 66.5. The number of aromatic nitrogens is 17. The van der Waals surface area contributed by atoms with Crippen LogP contribution in [0.1, 0.15) is 95.6 Å². The molecule has 0 atom stereocenters. The van der Waals surface area contributed by atoms with Crippen LogP contribution in [0.5, 0.6) is 0 Å². The number of rotatable bonds is 0. The van der Waals surface area contributed by atoms with Gasteiger partial charge in [-0.15, -0.1) is 0 Å². The summed E-state index contributed by atoms with van der Waals surface area (Å²) in [6, 6.07) is 56.0. The summed E-state index contributed by atoms with van der Waals surface area (Å²) in [7, 11) is 0. The normalized spacial score (nSPS) is 13.9. The van der Waals surface area contributed by atoms with Crippen LogP contribution in [0, 0.1) is 34.6 Å². The molecule has 0 aliphatic carbocycles. The van der Waals surface area contributed by atoms with Crippen LogP contribution in [-0.2, 0) is 77.0 Å². The van der Waals surface area contributed by atoms with E-state index >= 15 is 0 Å². The van der Waals surface area contributed by atoms with E-state index in [4.69, 9.17) is 4.98 Å². The van der Waals surface area contributed by atoms with Crippen molar-refractivity contribution in [2.24, 2.45) is 0 Å². The Morgan fingerprint density at radius 2 is 0.580 bits per heavy atom. The first-order chi connectivity index (χ1) is 58.6. The van der Waals surface area contributed by atoms with Gasteiger partial charge in [-0.3, -0.25) is 51.3 Å². The summed E-state index contributed by atoms with van der Waals surface area (Å²) in [5.41, 5.74) is 38.8. The van der Waals surface area contributed by atoms with Gasteiger partial charge in [-0.2, -0.15) is 0 Å². The van der Waals surface area contributed by atoms with Gasteiger partial charge in [0.1, 0.15) is 33.9 Å². The fraction of sp³-hybridized carbons (Fsp3) is 0.167. The first kappa shape index (κ1) is 67.8. The second kappa shape index (κ2) is 25.8. The van der Waals surface area contributed by atoms with Gasteiger partial charge in [0.15, 0.2) is 0 Å². The Morgan fingerprint density at radius 1 is 0.210 bits per heavy atom. The smallest absolute Gasteiger partial charge is 0.146 e. The molecule has 6 aliphatic rings. The van der Waals surface area contributed by atoms with Crippen molar-refractivity contribution in [2.45, 2.75) is 112 Å². The highest BCUT2D eigenvalue weighted by molar-refractivity contribution is 6.18. The molecule has 0 bridgehead atoms. The Hall–Kier alpha value is -14.5. The lowest BCUT2D eigenvalue weighted by atomic mass is 9.94. The first-order valence-corrected chi connectivity index (χ1v) is 41.7. The van der Waals surface area contributed by atoms with E-state index < -0.39 is 0 Å². The SMILES string of the molecule is Cc1ccc2c3c1c1ccccc1c1ncc(n13)CC2.Cc1ccc2c3c1c1cnccc1c1ncc(n13)CC2.Cc1ccc2c3c1c1ncccc1c1ncc(n13)CC2.Cc1cnc2c3c1c1ccccc1c1ncc(n13)CC2.Cc1ncc2c3c1c1ccccc1c1ncc(n13)CC2.c1ccc2c(c1)c1nccc3c1n1c(cnc21)CC3. The van der Waals surface area contributed by atoms with Gasteiger partial charge in [0.2, 0.25) is 0 Å². The van der Waals surface area contributed by atoms with Crippen molar-refractivity contribution in [2.75, 3.05) is 0 Å². The molecule has 0 saturated carbocycles. The summed E-state index contributed by atoms with van der Waals surface area (Å²) in [5, 5.41) is 20.1. The number of hydrogen-bond acceptors (Lipinski definition) is 11. The molecule has 0 unspecified atom stereocenters. The van der Waals surface area contributed by atoms with Gasteiger partial charge in [0, 0.05) is 184 Å². The van der Waals surface area contributed by atoms with Gasteiger partial charge >= 0.3 is 0 Å². The van der Waals surface area contributed by atoms with Crippen LogP contribution in [-0.4, -0.2) is 81.2 Å². The van der Waals surface area contributed by atoms with E-state index in [-0.39, 0.29) is 0 Å². The Kier molecular flexibility index (Phi) is 14.7. The largest absolute Gasteiger partial charge is 0.296 e. The summed E-state index contributed by atoms with van der Waals surface area (Å²) < 4.78 is 14.0. The van der Waals surface area contributed by atoms with E-state index in [1.807, 2.05) is 80.4 Å². The Labute approximate surface area is 680 Å². The number of hydrogen-bond donors (Lipinski definition) is 0. The highest BCUT2D eigenvalue weighted by Gasteiger charge is 2.28. The van der Waals surface area contributed by atoms with Gasteiger partial charge < -0.3 is 0 Å². The van der Waals surface area contributed by atoms with E-state index in [2.05, 4.69) is 263 Å². The summed E-state index contributed by atoms with van der Waals surface area (Å²) in [5.74, 6) is 0. The molecule has 0 fully saturated rings. The molecule has 0 radical (unpaired) electrons. The minimum Gasteiger partial charge on any atom is -0.296 e. The van der Waals surface area contributed by atoms with Crippen molar-refractivity contribution in [3.8, 4) is 0 Å². The minimum atomic E-state index is 1.01. The van der Waals surface area contributed by atoms with Crippen molar-refractivity contribution in [3.63, 3.8) is 0 Å². The monoisotopic (exact) mass is 1540 g/mol. The van der Waals surface area contributed by atoms with Crippen LogP contribution in [0.15, 0.2) is 232 Å². The zero-order valence-corrected chi connectivity index (χ0v) is 66.5. The number of imidazole rings is 6. The third-order valence-electron chi connectivity index (χ3n) is 26.6. The predicted molar refractivity (Wildman–Crippen MR) is 478 cm³/mol. The molecule has 570 valence electrons. The van der Waals surface area contributed by atoms with Gasteiger partial charge in [0.05, 0.1) is 49.8 Å². The zero-order chi connectivity index (χ0) is 78.7. The molecule has 0 N–H and O–H groups in total. The van der Waals surface area contributed by atoms with Gasteiger partial charge in [-0.1, -0.05) is 133 Å². The fourth-order valence-electron chi connectivity index (χ4n) is 21.2. The Balaban J connectivity index is 0.0000000793. The van der Waals surface area contributed by atoms with Crippen LogP contribution in [0.2, 0.25) is 0 Å². The second-order valence-electron chi connectivity index (χ2n) is 33.1. The lowest BCUT2D eigenvalue weighted by Gasteiger charge is -2.19. The second-order valence-corrected chi connectivity index (χ2v) is 33.1. The van der Waals surface area contributed by atoms with Crippen molar-refractivity contribution >= 4 is 164 Å². The molecule has 0 saturated heterocycles. The van der Waals surface area contributed by atoms with Crippen LogP contribution >= 0.6 is 0 Å². The summed E-state index contributed by atoms with van der Waals surface area (Å²) in [6.45, 7) is 10.8. The van der Waals surface area contributed by atoms with E-state index in [0.29, 0.717) is 0 Å². The van der Waals surface area contributed by atoms with Crippen LogP contribution in [0.4, 0.5) is 0 Å². The summed E-state index contributed by atoms with van der Waals surface area (Å²) >= 11 is 0. The number of fused-ring (bicyclic) bond motifs is 18. The quantitative estimate of drug-likeness (QED) is 0.132. The maximum absolute atomic E-state index is 4.69. The maximum Gasteiger partial charge on any atom is 0.146 e. The first-order valence-electron chi connectivity index (χ1n) is 41.7. The molecule has 119 heavy (non-hydrogen) atoms. The standard InChI is InChI=1S/C18H14N2.4C17H13N3.C16H11N3/c1-11-6-7-12-8-9-13-10-19-18-15-5-3-2-4-14(15)16(11)17(12)20(13)18;1-10-2-3-11-4-5-12-8-19-17-13-6-7-18-9-14(13)15(10)16(11)20(12)17;1-10-4-5-11-6-7-12-9-19-17-13-3-2-8-18-15(13)14(10)16(11)20(12)17;1-10-15-13-4-2-3-5-14(13)17-19-9-12-7-6-11(8-18-10)16(15)20(12)17;1-10-8-18-14-7-6-11-9-19-17-13-5-3-2-4-12(13)15(10)16(14)20(11)17;1-2-4-13-12(3-1)14-15-10(7-8-17-14)5-6-11-9-18-16(13)19(11)15/h2-7,10H,8-9H2,1H3;2-3,6-9H,4-5H2,1H3;3*2-5,8-9H,6-7H2,1H3;1-4,7-9H,5-6H2. The molecule has 0 amide bonds. The fourth-order valence-corrected chi connectivity index (χ4v) is 21.2. The maximum atomic E-state index is 4.69. The molecule has 17 heteroatoms. The molecule has 17 aromatic heterocycles. The predicted octanol–water partition coefficient (Wildman–Crippen LogP) is 21.0. The number of benzene rings is 7. The van der Waals surface area contributed by atoms with E-state index in [0.717, 1.165) is 133 Å². The topological polar surface area (TPSA) is 168 Å². The molecule has 24 aromatic rings. The van der Waals surface area contributed by atoms with Crippen LogP contribution in [0.25, 0.3) is 164 Å². The van der Waals surface area contributed by atoms with Gasteiger partial charge in [0.25, 0.3) is 0 Å². The van der Waals surface area contributed by atoms with E-state index in [9.17, 15) is 0 Å². The molecule has 30 rings (SSSR count). The minimum absolute atomic E-state index is 1.01. The number of aryl methyl sites for hydroxylation is 17. The van der Waals surface area contributed by atoms with E-state index in [1.54, 1.807) is 0 Å². The van der Waals surface area contributed by atoms with Crippen LogP contribution in [0.3, 0.4) is 0 Å². The molecular formula is C102H77N17. The van der Waals surface area contributed by atoms with Gasteiger partial charge in [-0.05, 0) is 202 Å². The lowest BCUT2D eigenvalue weighted by Crippen LogP contribution is -2.09. The molecule has 7 aromatic carbocycles. The molecule has 6 aliphatic heterocycles. The Morgan fingerprint density at radius 3 is 1.10 bits per heavy atom. The van der Waals surface area contributed by atoms with E-state index in [1.165, 1.54) is 204 Å². The van der Waals surface area contributed by atoms with Crippen molar-refractivity contribution in [1.29, 1.82) is 0 Å².